The molecule has 0 aliphatic heterocycles. The van der Waals surface area contributed by atoms with Gasteiger partial charge in [0, 0.05) is 19.3 Å². The van der Waals surface area contributed by atoms with Crippen LogP contribution < -0.4 is 0 Å². The minimum Gasteiger partial charge on any atom is -0.462 e. The number of carbonyl (C=O) groups is 3. The minimum atomic E-state index is -0.791. The molecule has 1 unspecified atom stereocenters. The molecule has 0 aromatic heterocycles. The Kier molecular flexibility index (Phi) is 66.6. The number of unbranched alkanes of at least 4 members (excludes halogenated alkanes) is 42. The van der Waals surface area contributed by atoms with E-state index in [1.165, 1.54) is 218 Å². The molecule has 6 nitrogen and oxygen atoms in total. The second-order valence-corrected chi connectivity index (χ2v) is 23.8. The number of carbonyl (C=O) groups excluding carboxylic acids is 3. The first-order valence-corrected chi connectivity index (χ1v) is 35.4. The normalized spacial score (nSPS) is 12.5. The molecule has 0 N–H and O–H groups in total. The van der Waals surface area contributed by atoms with Crippen LogP contribution in [0.2, 0.25) is 0 Å². The van der Waals surface area contributed by atoms with Crippen LogP contribution in [-0.4, -0.2) is 37.2 Å². The van der Waals surface area contributed by atoms with Crippen LogP contribution in [0, 0.1) is 0 Å². The average molecular weight is 1130 g/mol. The SMILES string of the molecule is CC/C=C\C/C=C\C/C=C\C/C=C\CCCCCCC(=O)OCC(COC(=O)CCCCCCCCCCCCCCCCCCCCCCCCCCCCCC)OC(=O)CCCCCCCCC/C=C\C/C=C\CCCCCC. The molecule has 0 bridgehead atoms. The maximum atomic E-state index is 12.9. The predicted molar refractivity (Wildman–Crippen MR) is 353 cm³/mol. The van der Waals surface area contributed by atoms with Crippen molar-refractivity contribution in [2.45, 2.75) is 374 Å². The van der Waals surface area contributed by atoms with Crippen molar-refractivity contribution in [3.05, 3.63) is 72.9 Å². The fourth-order valence-corrected chi connectivity index (χ4v) is 10.4. The average Bonchev–Trinajstić information content (AvgIpc) is 3.47. The van der Waals surface area contributed by atoms with Gasteiger partial charge in [0.15, 0.2) is 6.10 Å². The van der Waals surface area contributed by atoms with Crippen LogP contribution in [0.4, 0.5) is 0 Å². The summed E-state index contributed by atoms with van der Waals surface area (Å²) in [5.74, 6) is -0.896. The molecule has 0 saturated carbocycles. The lowest BCUT2D eigenvalue weighted by molar-refractivity contribution is -0.167. The molecular weight excluding hydrogens is 997 g/mol. The van der Waals surface area contributed by atoms with Crippen LogP contribution in [0.3, 0.4) is 0 Å². The van der Waals surface area contributed by atoms with Gasteiger partial charge in [0.05, 0.1) is 0 Å². The maximum Gasteiger partial charge on any atom is 0.306 e. The predicted octanol–water partition coefficient (Wildman–Crippen LogP) is 24.4. The van der Waals surface area contributed by atoms with Crippen molar-refractivity contribution in [1.29, 1.82) is 0 Å². The Balaban J connectivity index is 4.28. The Morgan fingerprint density at radius 1 is 0.259 bits per heavy atom. The molecule has 0 fully saturated rings. The third-order valence-electron chi connectivity index (χ3n) is 15.7. The third kappa shape index (κ3) is 67.5. The van der Waals surface area contributed by atoms with Gasteiger partial charge in [0.1, 0.15) is 13.2 Å². The van der Waals surface area contributed by atoms with E-state index < -0.39 is 6.10 Å². The van der Waals surface area contributed by atoms with Gasteiger partial charge in [-0.25, -0.2) is 0 Å². The summed E-state index contributed by atoms with van der Waals surface area (Å²) in [6.45, 7) is 6.54. The van der Waals surface area contributed by atoms with Crippen molar-refractivity contribution in [3.8, 4) is 0 Å². The van der Waals surface area contributed by atoms with Crippen molar-refractivity contribution in [2.75, 3.05) is 13.2 Å². The summed E-state index contributed by atoms with van der Waals surface area (Å²) in [5, 5.41) is 0. The molecule has 0 rings (SSSR count). The molecule has 1 atom stereocenters. The van der Waals surface area contributed by atoms with Gasteiger partial charge >= 0.3 is 17.9 Å². The van der Waals surface area contributed by atoms with Gasteiger partial charge in [-0.2, -0.15) is 0 Å². The lowest BCUT2D eigenvalue weighted by Crippen LogP contribution is -2.30. The molecule has 0 aromatic carbocycles. The van der Waals surface area contributed by atoms with Crippen LogP contribution in [0.25, 0.3) is 0 Å². The van der Waals surface area contributed by atoms with Crippen LogP contribution >= 0.6 is 0 Å². The smallest absolute Gasteiger partial charge is 0.306 e. The van der Waals surface area contributed by atoms with E-state index in [2.05, 4.69) is 93.7 Å². The Hall–Kier alpha value is -3.15. The van der Waals surface area contributed by atoms with Gasteiger partial charge in [0.2, 0.25) is 0 Å². The molecule has 470 valence electrons. The van der Waals surface area contributed by atoms with Gasteiger partial charge in [-0.1, -0.05) is 331 Å². The number of hydrogen-bond donors (Lipinski definition) is 0. The molecule has 0 aliphatic carbocycles. The van der Waals surface area contributed by atoms with Crippen molar-refractivity contribution < 1.29 is 28.6 Å². The highest BCUT2D eigenvalue weighted by atomic mass is 16.6. The standard InChI is InChI=1S/C75H134O6/c1-4-7-10-13-16-19-22-25-28-31-33-34-35-36-37-38-39-40-41-42-45-47-50-53-56-59-62-65-68-74(77)80-71-72(70-79-73(76)67-64-61-58-55-52-49-46-43-30-27-24-21-18-15-12-9-6-3)81-75(78)69-66-63-60-57-54-51-48-44-32-29-26-23-20-17-14-11-8-5-2/h9,12,18,20-21,23,27,29-30,32,46,49,72H,4-8,10-11,13-17,19,22,24-26,28,31,33-45,47-48,50-71H2,1-3H3/b12-9-,21-18-,23-20-,30-27-,32-29-,49-46-. The van der Waals surface area contributed by atoms with E-state index in [1.807, 2.05) is 0 Å². The third-order valence-corrected chi connectivity index (χ3v) is 15.7. The van der Waals surface area contributed by atoms with Crippen molar-refractivity contribution in [1.82, 2.24) is 0 Å². The molecule has 0 heterocycles. The zero-order chi connectivity index (χ0) is 58.5. The van der Waals surface area contributed by atoms with E-state index in [9.17, 15) is 14.4 Å². The first-order chi connectivity index (χ1) is 40.0. The summed E-state index contributed by atoms with van der Waals surface area (Å²) in [5.41, 5.74) is 0. The highest BCUT2D eigenvalue weighted by molar-refractivity contribution is 5.71. The Morgan fingerprint density at radius 3 is 0.765 bits per heavy atom. The number of rotatable bonds is 65. The Morgan fingerprint density at radius 2 is 0.481 bits per heavy atom. The highest BCUT2D eigenvalue weighted by Crippen LogP contribution is 2.18. The molecule has 0 aromatic rings. The molecule has 81 heavy (non-hydrogen) atoms. The largest absolute Gasteiger partial charge is 0.462 e. The zero-order valence-corrected chi connectivity index (χ0v) is 54.1. The number of allylic oxidation sites excluding steroid dienone is 12. The summed E-state index contributed by atoms with van der Waals surface area (Å²) >= 11 is 0. The number of hydrogen-bond acceptors (Lipinski definition) is 6. The topological polar surface area (TPSA) is 78.9 Å². The Labute approximate surface area is 503 Å². The Bertz CT molecular complexity index is 1490. The van der Waals surface area contributed by atoms with E-state index in [-0.39, 0.29) is 31.1 Å². The van der Waals surface area contributed by atoms with Crippen LogP contribution in [0.1, 0.15) is 367 Å². The molecule has 0 radical (unpaired) electrons. The van der Waals surface area contributed by atoms with Crippen LogP contribution in [0.15, 0.2) is 72.9 Å². The first kappa shape index (κ1) is 77.9. The van der Waals surface area contributed by atoms with Gasteiger partial charge in [-0.05, 0) is 89.9 Å². The first-order valence-electron chi connectivity index (χ1n) is 35.4. The number of ether oxygens (including phenoxy) is 3. The summed E-state index contributed by atoms with van der Waals surface area (Å²) in [6, 6.07) is 0. The lowest BCUT2D eigenvalue weighted by atomic mass is 10.0. The van der Waals surface area contributed by atoms with Crippen molar-refractivity contribution in [2.24, 2.45) is 0 Å². The molecule has 6 heteroatoms. The number of esters is 3. The quantitative estimate of drug-likeness (QED) is 0.0261. The fraction of sp³-hybridized carbons (Fsp3) is 0.800. The van der Waals surface area contributed by atoms with Crippen LogP contribution in [-0.2, 0) is 28.6 Å². The van der Waals surface area contributed by atoms with E-state index in [0.29, 0.717) is 19.3 Å². The van der Waals surface area contributed by atoms with Gasteiger partial charge < -0.3 is 14.2 Å². The van der Waals surface area contributed by atoms with Gasteiger partial charge in [-0.3, -0.25) is 14.4 Å². The summed E-state index contributed by atoms with van der Waals surface area (Å²) in [6.07, 6.45) is 90.8. The summed E-state index contributed by atoms with van der Waals surface area (Å²) in [7, 11) is 0. The summed E-state index contributed by atoms with van der Waals surface area (Å²) < 4.78 is 17.0. The monoisotopic (exact) mass is 1130 g/mol. The minimum absolute atomic E-state index is 0.0836. The summed E-state index contributed by atoms with van der Waals surface area (Å²) in [4.78, 5) is 38.4. The second kappa shape index (κ2) is 69.3. The van der Waals surface area contributed by atoms with E-state index in [1.54, 1.807) is 0 Å². The molecular formula is C75H134O6. The molecule has 0 amide bonds. The van der Waals surface area contributed by atoms with Crippen molar-refractivity contribution >= 4 is 17.9 Å². The molecule has 0 saturated heterocycles. The lowest BCUT2D eigenvalue weighted by Gasteiger charge is -2.18. The van der Waals surface area contributed by atoms with E-state index >= 15 is 0 Å². The molecule has 0 spiro atoms. The van der Waals surface area contributed by atoms with Gasteiger partial charge in [-0.15, -0.1) is 0 Å². The fourth-order valence-electron chi connectivity index (χ4n) is 10.4. The van der Waals surface area contributed by atoms with Gasteiger partial charge in [0.25, 0.3) is 0 Å². The molecule has 0 aliphatic rings. The van der Waals surface area contributed by atoms with E-state index in [4.69, 9.17) is 14.2 Å². The maximum absolute atomic E-state index is 12.9. The second-order valence-electron chi connectivity index (χ2n) is 23.8. The van der Waals surface area contributed by atoms with E-state index in [0.717, 1.165) is 109 Å². The zero-order valence-electron chi connectivity index (χ0n) is 54.1. The van der Waals surface area contributed by atoms with Crippen molar-refractivity contribution in [3.63, 3.8) is 0 Å². The highest BCUT2D eigenvalue weighted by Gasteiger charge is 2.19. The van der Waals surface area contributed by atoms with Crippen LogP contribution in [0.5, 0.6) is 0 Å².